The van der Waals surface area contributed by atoms with Gasteiger partial charge in [0.15, 0.2) is 0 Å². The van der Waals surface area contributed by atoms with E-state index in [1.165, 1.54) is 12.1 Å². The Kier molecular flexibility index (Phi) is 6.61. The average Bonchev–Trinajstić information content (AvgIpc) is 2.55. The molecule has 1 aromatic rings. The molecule has 2 fully saturated rings. The number of hydrogen-bond donors (Lipinski definition) is 2. The quantitative estimate of drug-likeness (QED) is 0.875. The zero-order valence-corrected chi connectivity index (χ0v) is 14.8. The molecule has 0 aromatic heterocycles. The van der Waals surface area contributed by atoms with Crippen molar-refractivity contribution in [1.82, 2.24) is 10.6 Å². The predicted octanol–water partition coefficient (Wildman–Crippen LogP) is 2.55. The highest BCUT2D eigenvalue weighted by atomic mass is 35.5. The molecule has 2 saturated heterocycles. The van der Waals surface area contributed by atoms with Gasteiger partial charge in [0, 0.05) is 25.3 Å². The van der Waals surface area contributed by atoms with Crippen molar-refractivity contribution in [2.75, 3.05) is 19.8 Å². The number of carbonyl (C=O) groups excluding carboxylic acids is 1. The summed E-state index contributed by atoms with van der Waals surface area (Å²) >= 11 is 0. The third-order valence-corrected chi connectivity index (χ3v) is 5.12. The molecule has 2 N–H and O–H groups in total. The van der Waals surface area contributed by atoms with E-state index in [9.17, 15) is 9.18 Å². The largest absolute Gasteiger partial charge is 0.381 e. The fraction of sp³-hybridized carbons (Fsp3) is 0.611. The molecule has 3 rings (SSSR count). The van der Waals surface area contributed by atoms with Crippen molar-refractivity contribution in [3.63, 3.8) is 0 Å². The van der Waals surface area contributed by atoms with Crippen LogP contribution in [0, 0.1) is 5.82 Å². The first-order chi connectivity index (χ1) is 11.1. The third-order valence-electron chi connectivity index (χ3n) is 5.12. The number of ether oxygens (including phenoxy) is 1. The van der Waals surface area contributed by atoms with Crippen LogP contribution in [-0.2, 0) is 14.9 Å². The molecule has 0 bridgehead atoms. The topological polar surface area (TPSA) is 50.4 Å². The summed E-state index contributed by atoms with van der Waals surface area (Å²) in [6.45, 7) is 4.12. The second kappa shape index (κ2) is 8.28. The van der Waals surface area contributed by atoms with Crippen molar-refractivity contribution in [2.24, 2.45) is 0 Å². The van der Waals surface area contributed by atoms with E-state index in [0.717, 1.165) is 24.9 Å². The van der Waals surface area contributed by atoms with E-state index >= 15 is 0 Å². The van der Waals surface area contributed by atoms with Crippen LogP contribution < -0.4 is 10.6 Å². The lowest BCUT2D eigenvalue weighted by Gasteiger charge is -2.38. The minimum atomic E-state index is -0.672. The van der Waals surface area contributed by atoms with Gasteiger partial charge in [0.05, 0.1) is 5.41 Å². The van der Waals surface area contributed by atoms with Gasteiger partial charge in [0.2, 0.25) is 5.91 Å². The van der Waals surface area contributed by atoms with Gasteiger partial charge >= 0.3 is 0 Å². The van der Waals surface area contributed by atoms with Crippen molar-refractivity contribution in [3.8, 4) is 0 Å². The summed E-state index contributed by atoms with van der Waals surface area (Å²) in [7, 11) is 0. The lowest BCUT2D eigenvalue weighted by Crippen LogP contribution is -2.54. The molecule has 24 heavy (non-hydrogen) atoms. The van der Waals surface area contributed by atoms with Gasteiger partial charge in [-0.15, -0.1) is 12.4 Å². The van der Waals surface area contributed by atoms with Crippen LogP contribution >= 0.6 is 12.4 Å². The maximum atomic E-state index is 13.7. The highest BCUT2D eigenvalue weighted by Crippen LogP contribution is 2.36. The Hall–Kier alpha value is -1.17. The number of piperidine rings is 1. The summed E-state index contributed by atoms with van der Waals surface area (Å²) < 4.78 is 19.1. The SMILES string of the molecule is CC1CC(NC(=O)C2(c3cccc(F)c3)CCOCC2)CCN1.Cl. The molecule has 0 saturated carbocycles. The van der Waals surface area contributed by atoms with Gasteiger partial charge in [-0.05, 0) is 56.8 Å². The predicted molar refractivity (Wildman–Crippen MR) is 94.0 cm³/mol. The van der Waals surface area contributed by atoms with Crippen LogP contribution in [0.15, 0.2) is 24.3 Å². The Morgan fingerprint density at radius 3 is 2.79 bits per heavy atom. The van der Waals surface area contributed by atoms with Gasteiger partial charge in [0.25, 0.3) is 0 Å². The fourth-order valence-electron chi connectivity index (χ4n) is 3.74. The zero-order valence-electron chi connectivity index (χ0n) is 14.0. The number of hydrogen-bond acceptors (Lipinski definition) is 3. The van der Waals surface area contributed by atoms with Crippen LogP contribution in [0.3, 0.4) is 0 Å². The van der Waals surface area contributed by atoms with Gasteiger partial charge in [-0.25, -0.2) is 4.39 Å². The molecular weight excluding hydrogens is 331 g/mol. The van der Waals surface area contributed by atoms with E-state index in [4.69, 9.17) is 4.74 Å². The van der Waals surface area contributed by atoms with E-state index in [1.54, 1.807) is 6.07 Å². The number of amides is 1. The maximum absolute atomic E-state index is 13.7. The van der Waals surface area contributed by atoms with Gasteiger partial charge in [-0.2, -0.15) is 0 Å². The first-order valence-electron chi connectivity index (χ1n) is 8.48. The van der Waals surface area contributed by atoms with Crippen LogP contribution in [0.5, 0.6) is 0 Å². The molecule has 0 aliphatic carbocycles. The molecule has 1 aromatic carbocycles. The average molecular weight is 357 g/mol. The lowest BCUT2D eigenvalue weighted by atomic mass is 9.73. The molecule has 0 radical (unpaired) electrons. The normalized spacial score (nSPS) is 26.2. The molecule has 2 atom stereocenters. The van der Waals surface area contributed by atoms with Crippen molar-refractivity contribution >= 4 is 18.3 Å². The fourth-order valence-corrected chi connectivity index (χ4v) is 3.74. The van der Waals surface area contributed by atoms with Crippen molar-refractivity contribution in [2.45, 2.75) is 50.1 Å². The molecule has 4 nitrogen and oxygen atoms in total. The maximum Gasteiger partial charge on any atom is 0.231 e. The molecule has 134 valence electrons. The van der Waals surface area contributed by atoms with Crippen molar-refractivity contribution in [3.05, 3.63) is 35.6 Å². The van der Waals surface area contributed by atoms with Crippen LogP contribution in [-0.4, -0.2) is 37.7 Å². The first kappa shape index (κ1) is 19.2. The van der Waals surface area contributed by atoms with Crippen LogP contribution in [0.25, 0.3) is 0 Å². The highest BCUT2D eigenvalue weighted by Gasteiger charge is 2.42. The van der Waals surface area contributed by atoms with Gasteiger partial charge in [-0.3, -0.25) is 4.79 Å². The molecule has 2 aliphatic heterocycles. The minimum Gasteiger partial charge on any atom is -0.381 e. The van der Waals surface area contributed by atoms with Crippen molar-refractivity contribution in [1.29, 1.82) is 0 Å². The number of rotatable bonds is 3. The minimum absolute atomic E-state index is 0. The standard InChI is InChI=1S/C18H25FN2O2.ClH/c1-13-11-16(5-8-20-13)21-17(22)18(6-9-23-10-7-18)14-3-2-4-15(19)12-14;/h2-4,12-13,16,20H,5-11H2,1H3,(H,21,22);1H. The molecular formula is C18H26ClFN2O2. The number of benzene rings is 1. The Balaban J connectivity index is 0.00000208. The van der Waals surface area contributed by atoms with Gasteiger partial charge in [-0.1, -0.05) is 12.1 Å². The molecule has 2 aliphatic rings. The molecule has 2 heterocycles. The third kappa shape index (κ3) is 4.08. The Labute approximate surface area is 148 Å². The van der Waals surface area contributed by atoms with Gasteiger partial charge < -0.3 is 15.4 Å². The van der Waals surface area contributed by atoms with Crippen LogP contribution in [0.4, 0.5) is 4.39 Å². The number of nitrogens with one attached hydrogen (secondary N) is 2. The first-order valence-corrected chi connectivity index (χ1v) is 8.48. The molecule has 0 spiro atoms. The Morgan fingerprint density at radius 1 is 1.38 bits per heavy atom. The Morgan fingerprint density at radius 2 is 2.12 bits per heavy atom. The van der Waals surface area contributed by atoms with E-state index in [1.807, 2.05) is 6.07 Å². The molecule has 1 amide bonds. The second-order valence-electron chi connectivity index (χ2n) is 6.75. The smallest absolute Gasteiger partial charge is 0.231 e. The highest BCUT2D eigenvalue weighted by molar-refractivity contribution is 5.88. The second-order valence-corrected chi connectivity index (χ2v) is 6.75. The zero-order chi connectivity index (χ0) is 16.3. The van der Waals surface area contributed by atoms with E-state index in [-0.39, 0.29) is 30.2 Å². The lowest BCUT2D eigenvalue weighted by molar-refractivity contribution is -0.131. The summed E-state index contributed by atoms with van der Waals surface area (Å²) in [5.41, 5.74) is 0.0920. The summed E-state index contributed by atoms with van der Waals surface area (Å²) in [4.78, 5) is 13.1. The summed E-state index contributed by atoms with van der Waals surface area (Å²) in [6, 6.07) is 7.06. The van der Waals surface area contributed by atoms with E-state index < -0.39 is 5.41 Å². The van der Waals surface area contributed by atoms with E-state index in [0.29, 0.717) is 32.1 Å². The number of halogens is 2. The van der Waals surface area contributed by atoms with Crippen molar-refractivity contribution < 1.29 is 13.9 Å². The summed E-state index contributed by atoms with van der Waals surface area (Å²) in [5, 5.41) is 6.61. The Bertz CT molecular complexity index is 564. The number of carbonyl (C=O) groups is 1. The van der Waals surface area contributed by atoms with Gasteiger partial charge in [0.1, 0.15) is 5.82 Å². The molecule has 2 unspecified atom stereocenters. The summed E-state index contributed by atoms with van der Waals surface area (Å²) in [5.74, 6) is -0.276. The van der Waals surface area contributed by atoms with E-state index in [2.05, 4.69) is 17.6 Å². The summed E-state index contributed by atoms with van der Waals surface area (Å²) in [6.07, 6.45) is 3.07. The molecule has 6 heteroatoms. The monoisotopic (exact) mass is 356 g/mol. The van der Waals surface area contributed by atoms with Crippen LogP contribution in [0.1, 0.15) is 38.2 Å². The van der Waals surface area contributed by atoms with Crippen LogP contribution in [0.2, 0.25) is 0 Å².